The van der Waals surface area contributed by atoms with Gasteiger partial charge in [0.25, 0.3) is 0 Å². The van der Waals surface area contributed by atoms with Crippen LogP contribution in [0.3, 0.4) is 0 Å². The van der Waals surface area contributed by atoms with Crippen LogP contribution in [0.5, 0.6) is 5.75 Å². The van der Waals surface area contributed by atoms with Crippen LogP contribution in [-0.2, 0) is 0 Å². The standard InChI is InChI=1S/C15H16N4O/c1-10(2)19-9-18-14-13(16-8-17-15(14)19)11-4-6-12(20-3)7-5-11/h4-10H,1-3H3. The van der Waals surface area contributed by atoms with Gasteiger partial charge in [-0.25, -0.2) is 15.0 Å². The first kappa shape index (κ1) is 12.6. The average Bonchev–Trinajstić information content (AvgIpc) is 2.91. The molecule has 102 valence electrons. The number of imidazole rings is 1. The van der Waals surface area contributed by atoms with Gasteiger partial charge in [0.05, 0.1) is 13.4 Å². The van der Waals surface area contributed by atoms with Crippen LogP contribution in [0.25, 0.3) is 22.4 Å². The Labute approximate surface area is 117 Å². The molecule has 0 amide bonds. The maximum atomic E-state index is 5.18. The summed E-state index contributed by atoms with van der Waals surface area (Å²) in [5.41, 5.74) is 3.54. The van der Waals surface area contributed by atoms with Crippen LogP contribution in [0.2, 0.25) is 0 Å². The lowest BCUT2D eigenvalue weighted by molar-refractivity contribution is 0.415. The SMILES string of the molecule is COc1ccc(-c2ncnc3c2ncn3C(C)C)cc1. The fourth-order valence-electron chi connectivity index (χ4n) is 2.19. The van der Waals surface area contributed by atoms with Crippen molar-refractivity contribution in [1.29, 1.82) is 0 Å². The van der Waals surface area contributed by atoms with E-state index < -0.39 is 0 Å². The zero-order valence-corrected chi connectivity index (χ0v) is 11.7. The highest BCUT2D eigenvalue weighted by atomic mass is 16.5. The third kappa shape index (κ3) is 2.01. The number of aromatic nitrogens is 4. The number of hydrogen-bond donors (Lipinski definition) is 0. The molecule has 0 saturated carbocycles. The van der Waals surface area contributed by atoms with Crippen LogP contribution in [0.15, 0.2) is 36.9 Å². The van der Waals surface area contributed by atoms with Crippen molar-refractivity contribution in [1.82, 2.24) is 19.5 Å². The van der Waals surface area contributed by atoms with Gasteiger partial charge in [-0.05, 0) is 38.1 Å². The molecule has 2 aromatic heterocycles. The Kier molecular flexibility index (Phi) is 3.10. The molecule has 5 heteroatoms. The highest BCUT2D eigenvalue weighted by molar-refractivity contribution is 5.87. The van der Waals surface area contributed by atoms with E-state index in [2.05, 4.69) is 28.8 Å². The number of fused-ring (bicyclic) bond motifs is 1. The maximum absolute atomic E-state index is 5.18. The lowest BCUT2D eigenvalue weighted by Gasteiger charge is -2.07. The van der Waals surface area contributed by atoms with Crippen LogP contribution < -0.4 is 4.74 Å². The summed E-state index contributed by atoms with van der Waals surface area (Å²) in [6.07, 6.45) is 3.40. The predicted octanol–water partition coefficient (Wildman–Crippen LogP) is 3.08. The van der Waals surface area contributed by atoms with Gasteiger partial charge in [-0.2, -0.15) is 0 Å². The molecule has 0 fully saturated rings. The summed E-state index contributed by atoms with van der Waals surface area (Å²) in [4.78, 5) is 13.2. The topological polar surface area (TPSA) is 52.8 Å². The van der Waals surface area contributed by atoms with Crippen molar-refractivity contribution in [2.24, 2.45) is 0 Å². The molecule has 0 aliphatic heterocycles. The summed E-state index contributed by atoms with van der Waals surface area (Å²) in [6.45, 7) is 4.21. The number of hydrogen-bond acceptors (Lipinski definition) is 4. The molecular formula is C15H16N4O. The summed E-state index contributed by atoms with van der Waals surface area (Å²) < 4.78 is 7.22. The molecule has 0 spiro atoms. The van der Waals surface area contributed by atoms with Crippen molar-refractivity contribution in [3.05, 3.63) is 36.9 Å². The minimum atomic E-state index is 0.318. The first-order chi connectivity index (χ1) is 9.70. The van der Waals surface area contributed by atoms with Gasteiger partial charge in [0.15, 0.2) is 5.65 Å². The van der Waals surface area contributed by atoms with Crippen LogP contribution in [0, 0.1) is 0 Å². The fraction of sp³-hybridized carbons (Fsp3) is 0.267. The highest BCUT2D eigenvalue weighted by Crippen LogP contribution is 2.26. The van der Waals surface area contributed by atoms with Crippen molar-refractivity contribution in [3.63, 3.8) is 0 Å². The molecule has 3 aromatic rings. The van der Waals surface area contributed by atoms with Gasteiger partial charge < -0.3 is 9.30 Å². The minimum absolute atomic E-state index is 0.318. The van der Waals surface area contributed by atoms with Crippen LogP contribution in [-0.4, -0.2) is 26.6 Å². The lowest BCUT2D eigenvalue weighted by Crippen LogP contribution is -2.00. The molecule has 0 aliphatic rings. The van der Waals surface area contributed by atoms with E-state index in [-0.39, 0.29) is 0 Å². The Morgan fingerprint density at radius 1 is 1.05 bits per heavy atom. The van der Waals surface area contributed by atoms with Gasteiger partial charge in [0.1, 0.15) is 23.3 Å². The number of methoxy groups -OCH3 is 1. The quantitative estimate of drug-likeness (QED) is 0.732. The zero-order valence-electron chi connectivity index (χ0n) is 11.7. The molecule has 5 nitrogen and oxygen atoms in total. The number of ether oxygens (including phenoxy) is 1. The third-order valence-corrected chi connectivity index (χ3v) is 3.28. The molecule has 0 aliphatic carbocycles. The predicted molar refractivity (Wildman–Crippen MR) is 77.7 cm³/mol. The fourth-order valence-corrected chi connectivity index (χ4v) is 2.19. The van der Waals surface area contributed by atoms with Gasteiger partial charge in [-0.3, -0.25) is 0 Å². The Hall–Kier alpha value is -2.43. The molecule has 0 N–H and O–H groups in total. The second-order valence-corrected chi connectivity index (χ2v) is 4.87. The van der Waals surface area contributed by atoms with Gasteiger partial charge in [-0.15, -0.1) is 0 Å². The summed E-state index contributed by atoms with van der Waals surface area (Å²) in [5.74, 6) is 0.826. The Morgan fingerprint density at radius 2 is 1.80 bits per heavy atom. The molecule has 0 radical (unpaired) electrons. The Balaban J connectivity index is 2.15. The molecular weight excluding hydrogens is 252 g/mol. The molecule has 20 heavy (non-hydrogen) atoms. The molecule has 0 bridgehead atoms. The van der Waals surface area contributed by atoms with Crippen LogP contribution in [0.1, 0.15) is 19.9 Å². The highest BCUT2D eigenvalue weighted by Gasteiger charge is 2.13. The van der Waals surface area contributed by atoms with E-state index in [0.717, 1.165) is 28.2 Å². The zero-order chi connectivity index (χ0) is 14.1. The van der Waals surface area contributed by atoms with Gasteiger partial charge in [0.2, 0.25) is 0 Å². The van der Waals surface area contributed by atoms with E-state index in [1.54, 1.807) is 13.4 Å². The third-order valence-electron chi connectivity index (χ3n) is 3.28. The smallest absolute Gasteiger partial charge is 0.164 e. The number of rotatable bonds is 3. The van der Waals surface area contributed by atoms with E-state index in [1.165, 1.54) is 0 Å². The van der Waals surface area contributed by atoms with Gasteiger partial charge in [-0.1, -0.05) is 0 Å². The Bertz CT molecular complexity index is 731. The summed E-state index contributed by atoms with van der Waals surface area (Å²) >= 11 is 0. The molecule has 0 atom stereocenters. The van der Waals surface area contributed by atoms with Crippen LogP contribution in [0.4, 0.5) is 0 Å². The summed E-state index contributed by atoms with van der Waals surface area (Å²) in [5, 5.41) is 0. The van der Waals surface area contributed by atoms with Gasteiger partial charge >= 0.3 is 0 Å². The van der Waals surface area contributed by atoms with E-state index in [9.17, 15) is 0 Å². The lowest BCUT2D eigenvalue weighted by atomic mass is 10.1. The van der Waals surface area contributed by atoms with Gasteiger partial charge in [0, 0.05) is 11.6 Å². The largest absolute Gasteiger partial charge is 0.497 e. The number of nitrogens with zero attached hydrogens (tertiary/aromatic N) is 4. The molecule has 0 unspecified atom stereocenters. The van der Waals surface area contributed by atoms with Crippen molar-refractivity contribution < 1.29 is 4.74 Å². The Morgan fingerprint density at radius 3 is 2.45 bits per heavy atom. The van der Waals surface area contributed by atoms with Crippen molar-refractivity contribution in [3.8, 4) is 17.0 Å². The van der Waals surface area contributed by atoms with Crippen molar-refractivity contribution >= 4 is 11.2 Å². The minimum Gasteiger partial charge on any atom is -0.497 e. The van der Waals surface area contributed by atoms with E-state index in [4.69, 9.17) is 4.74 Å². The summed E-state index contributed by atoms with van der Waals surface area (Å²) in [6, 6.07) is 8.12. The molecule has 0 saturated heterocycles. The average molecular weight is 268 g/mol. The monoisotopic (exact) mass is 268 g/mol. The normalized spacial score (nSPS) is 11.2. The summed E-state index contributed by atoms with van der Waals surface area (Å²) in [7, 11) is 1.65. The first-order valence-corrected chi connectivity index (χ1v) is 6.52. The second-order valence-electron chi connectivity index (χ2n) is 4.87. The first-order valence-electron chi connectivity index (χ1n) is 6.52. The molecule has 3 rings (SSSR count). The molecule has 2 heterocycles. The van der Waals surface area contributed by atoms with E-state index >= 15 is 0 Å². The maximum Gasteiger partial charge on any atom is 0.164 e. The second kappa shape index (κ2) is 4.92. The van der Waals surface area contributed by atoms with Crippen molar-refractivity contribution in [2.45, 2.75) is 19.9 Å². The van der Waals surface area contributed by atoms with E-state index in [0.29, 0.717) is 6.04 Å². The van der Waals surface area contributed by atoms with Crippen LogP contribution >= 0.6 is 0 Å². The van der Waals surface area contributed by atoms with Crippen molar-refractivity contribution in [2.75, 3.05) is 7.11 Å². The molecule has 1 aromatic carbocycles. The number of benzene rings is 1. The van der Waals surface area contributed by atoms with E-state index in [1.807, 2.05) is 35.2 Å².